The summed E-state index contributed by atoms with van der Waals surface area (Å²) in [6, 6.07) is 0.688. The Morgan fingerprint density at radius 2 is 1.88 bits per heavy atom. The molecule has 2 atom stereocenters. The molecule has 1 saturated heterocycles. The number of nitrogens with zero attached hydrogens (tertiary/aromatic N) is 1. The van der Waals surface area contributed by atoms with Crippen LogP contribution < -0.4 is 5.73 Å². The first-order valence-corrected chi connectivity index (χ1v) is 6.23. The standard InChI is InChI=1S/C12H26N2O2/c1-9(2)14-7-11(13)12(8-14)16-6-5-15-10(3)4/h9-12H,5-8,13H2,1-4H3. The van der Waals surface area contributed by atoms with E-state index in [1.54, 1.807) is 0 Å². The largest absolute Gasteiger partial charge is 0.376 e. The van der Waals surface area contributed by atoms with Gasteiger partial charge < -0.3 is 15.2 Å². The van der Waals surface area contributed by atoms with E-state index in [9.17, 15) is 0 Å². The highest BCUT2D eigenvalue weighted by Gasteiger charge is 2.31. The Morgan fingerprint density at radius 1 is 1.19 bits per heavy atom. The van der Waals surface area contributed by atoms with E-state index in [4.69, 9.17) is 15.2 Å². The van der Waals surface area contributed by atoms with Crippen molar-refractivity contribution in [2.75, 3.05) is 26.3 Å². The number of hydrogen-bond donors (Lipinski definition) is 1. The summed E-state index contributed by atoms with van der Waals surface area (Å²) in [6.45, 7) is 11.6. The van der Waals surface area contributed by atoms with Gasteiger partial charge in [0.2, 0.25) is 0 Å². The minimum atomic E-state index is 0.140. The third kappa shape index (κ3) is 4.37. The summed E-state index contributed by atoms with van der Waals surface area (Å²) in [4.78, 5) is 2.36. The summed E-state index contributed by atoms with van der Waals surface area (Å²) in [5.74, 6) is 0. The molecule has 0 aromatic carbocycles. The molecule has 0 radical (unpaired) electrons. The van der Waals surface area contributed by atoms with Crippen LogP contribution in [0.25, 0.3) is 0 Å². The quantitative estimate of drug-likeness (QED) is 0.687. The fraction of sp³-hybridized carbons (Fsp3) is 1.00. The van der Waals surface area contributed by atoms with E-state index >= 15 is 0 Å². The summed E-state index contributed by atoms with van der Waals surface area (Å²) >= 11 is 0. The third-order valence-electron chi connectivity index (χ3n) is 2.93. The van der Waals surface area contributed by atoms with Crippen LogP contribution in [0, 0.1) is 0 Å². The maximum Gasteiger partial charge on any atom is 0.0866 e. The van der Waals surface area contributed by atoms with Gasteiger partial charge in [0.05, 0.1) is 25.4 Å². The van der Waals surface area contributed by atoms with Gasteiger partial charge in [-0.3, -0.25) is 4.90 Å². The van der Waals surface area contributed by atoms with Gasteiger partial charge in [0.1, 0.15) is 0 Å². The fourth-order valence-corrected chi connectivity index (χ4v) is 1.91. The van der Waals surface area contributed by atoms with E-state index < -0.39 is 0 Å². The van der Waals surface area contributed by atoms with Gasteiger partial charge in [-0.15, -0.1) is 0 Å². The zero-order valence-electron chi connectivity index (χ0n) is 11.0. The van der Waals surface area contributed by atoms with Gasteiger partial charge >= 0.3 is 0 Å². The lowest BCUT2D eigenvalue weighted by Crippen LogP contribution is -2.36. The fourth-order valence-electron chi connectivity index (χ4n) is 1.91. The molecule has 4 nitrogen and oxygen atoms in total. The van der Waals surface area contributed by atoms with Crippen molar-refractivity contribution in [2.24, 2.45) is 5.73 Å². The van der Waals surface area contributed by atoms with Gasteiger partial charge in [0, 0.05) is 25.2 Å². The van der Waals surface area contributed by atoms with Gasteiger partial charge in [0.15, 0.2) is 0 Å². The van der Waals surface area contributed by atoms with Crippen molar-refractivity contribution in [3.63, 3.8) is 0 Å². The second kappa shape index (κ2) is 6.55. The van der Waals surface area contributed by atoms with Crippen LogP contribution in [0.3, 0.4) is 0 Å². The molecule has 2 N–H and O–H groups in total. The highest BCUT2D eigenvalue weighted by molar-refractivity contribution is 4.89. The highest BCUT2D eigenvalue weighted by Crippen LogP contribution is 2.14. The van der Waals surface area contributed by atoms with Crippen LogP contribution in [0.4, 0.5) is 0 Å². The molecule has 1 aliphatic heterocycles. The van der Waals surface area contributed by atoms with Crippen LogP contribution in [-0.4, -0.2) is 55.5 Å². The molecule has 2 unspecified atom stereocenters. The predicted molar refractivity (Wildman–Crippen MR) is 65.5 cm³/mol. The second-order valence-electron chi connectivity index (χ2n) is 5.04. The van der Waals surface area contributed by atoms with Crippen LogP contribution in [0.2, 0.25) is 0 Å². The first kappa shape index (κ1) is 13.9. The van der Waals surface area contributed by atoms with Crippen molar-refractivity contribution in [1.82, 2.24) is 4.90 Å². The third-order valence-corrected chi connectivity index (χ3v) is 2.93. The molecule has 1 fully saturated rings. The molecule has 0 aliphatic carbocycles. The summed E-state index contributed by atoms with van der Waals surface area (Å²) < 4.78 is 11.2. The number of rotatable bonds is 6. The second-order valence-corrected chi connectivity index (χ2v) is 5.04. The average molecular weight is 230 g/mol. The highest BCUT2D eigenvalue weighted by atomic mass is 16.5. The average Bonchev–Trinajstić information content (AvgIpc) is 2.55. The molecule has 96 valence electrons. The number of ether oxygens (including phenoxy) is 2. The van der Waals surface area contributed by atoms with E-state index in [-0.39, 0.29) is 18.2 Å². The summed E-state index contributed by atoms with van der Waals surface area (Å²) in [6.07, 6.45) is 0.436. The van der Waals surface area contributed by atoms with Crippen molar-refractivity contribution in [3.8, 4) is 0 Å². The maximum atomic E-state index is 6.04. The van der Waals surface area contributed by atoms with Crippen LogP contribution >= 0.6 is 0 Å². The minimum absolute atomic E-state index is 0.140. The summed E-state index contributed by atoms with van der Waals surface area (Å²) in [7, 11) is 0. The molecular formula is C12H26N2O2. The van der Waals surface area contributed by atoms with Crippen molar-refractivity contribution < 1.29 is 9.47 Å². The first-order valence-electron chi connectivity index (χ1n) is 6.23. The first-order chi connectivity index (χ1) is 7.50. The number of likely N-dealkylation sites (tertiary alicyclic amines) is 1. The molecule has 4 heteroatoms. The Labute approximate surface area is 99.1 Å². The van der Waals surface area contributed by atoms with Crippen LogP contribution in [-0.2, 0) is 9.47 Å². The zero-order valence-corrected chi connectivity index (χ0v) is 11.0. The molecule has 0 bridgehead atoms. The molecule has 1 aliphatic rings. The van der Waals surface area contributed by atoms with Crippen molar-refractivity contribution in [1.29, 1.82) is 0 Å². The minimum Gasteiger partial charge on any atom is -0.376 e. The Kier molecular flexibility index (Phi) is 5.69. The normalized spacial score (nSPS) is 27.2. The van der Waals surface area contributed by atoms with Crippen LogP contribution in [0.5, 0.6) is 0 Å². The lowest BCUT2D eigenvalue weighted by molar-refractivity contribution is -0.0134. The molecule has 1 rings (SSSR count). The SMILES string of the molecule is CC(C)OCCOC1CN(C(C)C)CC1N. The Hall–Kier alpha value is -0.160. The monoisotopic (exact) mass is 230 g/mol. The van der Waals surface area contributed by atoms with E-state index in [2.05, 4.69) is 18.7 Å². The molecule has 0 aromatic heterocycles. The summed E-state index contributed by atoms with van der Waals surface area (Å²) in [5, 5.41) is 0. The van der Waals surface area contributed by atoms with Gasteiger partial charge in [-0.2, -0.15) is 0 Å². The molecule has 16 heavy (non-hydrogen) atoms. The van der Waals surface area contributed by atoms with Crippen molar-refractivity contribution in [2.45, 2.75) is 52.0 Å². The maximum absolute atomic E-state index is 6.04. The van der Waals surface area contributed by atoms with E-state index in [0.717, 1.165) is 13.1 Å². The molecule has 0 spiro atoms. The van der Waals surface area contributed by atoms with Crippen LogP contribution in [0.1, 0.15) is 27.7 Å². The zero-order chi connectivity index (χ0) is 12.1. The van der Waals surface area contributed by atoms with Crippen LogP contribution in [0.15, 0.2) is 0 Å². The number of hydrogen-bond acceptors (Lipinski definition) is 4. The Morgan fingerprint density at radius 3 is 2.38 bits per heavy atom. The van der Waals surface area contributed by atoms with E-state index in [1.165, 1.54) is 0 Å². The molecule has 1 heterocycles. The number of nitrogens with two attached hydrogens (primary N) is 1. The molecular weight excluding hydrogens is 204 g/mol. The Bertz CT molecular complexity index is 197. The predicted octanol–water partition coefficient (Wildman–Crippen LogP) is 0.848. The molecule has 0 saturated carbocycles. The van der Waals surface area contributed by atoms with Gasteiger partial charge in [-0.05, 0) is 27.7 Å². The van der Waals surface area contributed by atoms with E-state index in [1.807, 2.05) is 13.8 Å². The van der Waals surface area contributed by atoms with E-state index in [0.29, 0.717) is 19.3 Å². The van der Waals surface area contributed by atoms with Crippen molar-refractivity contribution >= 4 is 0 Å². The van der Waals surface area contributed by atoms with Gasteiger partial charge in [-0.25, -0.2) is 0 Å². The lowest BCUT2D eigenvalue weighted by Gasteiger charge is -2.19. The summed E-state index contributed by atoms with van der Waals surface area (Å²) in [5.41, 5.74) is 6.04. The van der Waals surface area contributed by atoms with Gasteiger partial charge in [-0.1, -0.05) is 0 Å². The van der Waals surface area contributed by atoms with Gasteiger partial charge in [0.25, 0.3) is 0 Å². The smallest absolute Gasteiger partial charge is 0.0866 e. The lowest BCUT2D eigenvalue weighted by atomic mass is 10.2. The molecule has 0 amide bonds. The molecule has 0 aromatic rings. The topological polar surface area (TPSA) is 47.7 Å². The Balaban J connectivity index is 2.18. The van der Waals surface area contributed by atoms with Crippen molar-refractivity contribution in [3.05, 3.63) is 0 Å².